The van der Waals surface area contributed by atoms with E-state index >= 15 is 0 Å². The third kappa shape index (κ3) is 6.49. The molecule has 0 bridgehead atoms. The minimum Gasteiger partial charge on any atom is -0.493 e. The molecule has 0 aliphatic rings. The van der Waals surface area contributed by atoms with Gasteiger partial charge in [0.1, 0.15) is 11.5 Å². The fourth-order valence-electron chi connectivity index (χ4n) is 3.12. The number of amides is 3. The molecule has 0 atom stereocenters. The van der Waals surface area contributed by atoms with Crippen LogP contribution in [-0.2, 0) is 4.79 Å². The highest BCUT2D eigenvalue weighted by molar-refractivity contribution is 6.32. The van der Waals surface area contributed by atoms with Crippen molar-refractivity contribution in [1.29, 1.82) is 0 Å². The maximum absolute atomic E-state index is 12.1. The molecule has 0 fully saturated rings. The van der Waals surface area contributed by atoms with Crippen molar-refractivity contribution in [2.45, 2.75) is 13.8 Å². The number of hydrogen-bond acceptors (Lipinski definition) is 7. The maximum Gasteiger partial charge on any atom is 0.325 e. The summed E-state index contributed by atoms with van der Waals surface area (Å²) in [6.45, 7) is 4.79. The second kappa shape index (κ2) is 11.5. The monoisotopic (exact) mass is 486 g/mol. The lowest BCUT2D eigenvalue weighted by atomic mass is 10.2. The molecule has 0 aliphatic heterocycles. The van der Waals surface area contributed by atoms with Crippen LogP contribution in [0.5, 0.6) is 23.0 Å². The van der Waals surface area contributed by atoms with Gasteiger partial charge in [0.15, 0.2) is 11.5 Å². The van der Waals surface area contributed by atoms with Crippen molar-refractivity contribution in [3.05, 3.63) is 47.6 Å². The van der Waals surface area contributed by atoms with Crippen molar-refractivity contribution in [3.8, 4) is 23.0 Å². The number of nitrogens with one attached hydrogen (secondary N) is 3. The summed E-state index contributed by atoms with van der Waals surface area (Å²) in [5.74, 6) is 1.97. The zero-order chi connectivity index (χ0) is 24.7. The molecule has 0 radical (unpaired) electrons. The Balaban J connectivity index is 1.69. The third-order valence-electron chi connectivity index (χ3n) is 4.71. The van der Waals surface area contributed by atoms with Crippen molar-refractivity contribution in [3.63, 3.8) is 0 Å². The highest BCUT2D eigenvalue weighted by atomic mass is 35.5. The van der Waals surface area contributed by atoms with Crippen LogP contribution in [0.3, 0.4) is 0 Å². The standard InChI is InChI=1S/C24H27ClN4O5/c1-14(2)12-26-13-23(30)29-24(31)28-15-5-6-20(17(25)9-15)34-19-7-8-27-18-11-22(33-4)21(32-3)10-16(18)19/h5-11,14,26H,12-13H2,1-4H3,(H2,28,29,30,31). The Kier molecular flexibility index (Phi) is 8.50. The van der Waals surface area contributed by atoms with E-state index < -0.39 is 11.9 Å². The van der Waals surface area contributed by atoms with Crippen LogP contribution in [0.4, 0.5) is 10.5 Å². The molecule has 0 unspecified atom stereocenters. The van der Waals surface area contributed by atoms with E-state index in [0.29, 0.717) is 52.1 Å². The number of halogens is 1. The first-order valence-electron chi connectivity index (χ1n) is 10.6. The molecule has 0 saturated heterocycles. The van der Waals surface area contributed by atoms with E-state index in [-0.39, 0.29) is 11.6 Å². The van der Waals surface area contributed by atoms with Crippen LogP contribution in [0.2, 0.25) is 5.02 Å². The molecule has 0 saturated carbocycles. The second-order valence-corrected chi connectivity index (χ2v) is 8.21. The molecule has 1 heterocycles. The van der Waals surface area contributed by atoms with Gasteiger partial charge < -0.3 is 24.8 Å². The third-order valence-corrected chi connectivity index (χ3v) is 5.00. The highest BCUT2D eigenvalue weighted by Gasteiger charge is 2.14. The summed E-state index contributed by atoms with van der Waals surface area (Å²) in [6.07, 6.45) is 1.62. The number of aromatic nitrogens is 1. The van der Waals surface area contributed by atoms with E-state index in [1.54, 1.807) is 50.7 Å². The predicted octanol–water partition coefficient (Wildman–Crippen LogP) is 4.59. The number of carbonyl (C=O) groups excluding carboxylic acids is 2. The fourth-order valence-corrected chi connectivity index (χ4v) is 3.34. The average Bonchev–Trinajstić information content (AvgIpc) is 2.79. The fraction of sp³-hybridized carbons (Fsp3) is 0.292. The van der Waals surface area contributed by atoms with Gasteiger partial charge in [0, 0.05) is 23.3 Å². The average molecular weight is 487 g/mol. The number of hydrogen-bond donors (Lipinski definition) is 3. The van der Waals surface area contributed by atoms with Crippen LogP contribution >= 0.6 is 11.6 Å². The first-order chi connectivity index (χ1) is 16.3. The van der Waals surface area contributed by atoms with E-state index in [4.69, 9.17) is 25.8 Å². The van der Waals surface area contributed by atoms with E-state index in [0.717, 1.165) is 0 Å². The predicted molar refractivity (Wildman–Crippen MR) is 131 cm³/mol. The topological polar surface area (TPSA) is 111 Å². The first-order valence-corrected chi connectivity index (χ1v) is 11.0. The number of pyridine rings is 1. The van der Waals surface area contributed by atoms with Gasteiger partial charge in [0.05, 0.1) is 31.3 Å². The number of nitrogens with zero attached hydrogens (tertiary/aromatic N) is 1. The maximum atomic E-state index is 12.1. The van der Waals surface area contributed by atoms with Gasteiger partial charge in [0.2, 0.25) is 5.91 Å². The number of ether oxygens (including phenoxy) is 3. The zero-order valence-electron chi connectivity index (χ0n) is 19.4. The summed E-state index contributed by atoms with van der Waals surface area (Å²) >= 11 is 6.39. The number of fused-ring (bicyclic) bond motifs is 1. The number of urea groups is 1. The molecule has 9 nitrogen and oxygen atoms in total. The Bertz CT molecular complexity index is 1190. The van der Waals surface area contributed by atoms with Gasteiger partial charge in [-0.3, -0.25) is 15.1 Å². The summed E-state index contributed by atoms with van der Waals surface area (Å²) in [5, 5.41) is 8.80. The van der Waals surface area contributed by atoms with Crippen molar-refractivity contribution < 1.29 is 23.8 Å². The van der Waals surface area contributed by atoms with E-state index in [9.17, 15) is 9.59 Å². The molecule has 180 valence electrons. The summed E-state index contributed by atoms with van der Waals surface area (Å²) in [5.41, 5.74) is 1.07. The van der Waals surface area contributed by atoms with Crippen LogP contribution < -0.4 is 30.2 Å². The van der Waals surface area contributed by atoms with Gasteiger partial charge in [-0.1, -0.05) is 25.4 Å². The molecule has 3 N–H and O–H groups in total. The minimum absolute atomic E-state index is 0.0513. The van der Waals surface area contributed by atoms with Gasteiger partial charge in [-0.15, -0.1) is 0 Å². The van der Waals surface area contributed by atoms with E-state index in [1.165, 1.54) is 6.07 Å². The number of anilines is 1. The van der Waals surface area contributed by atoms with Gasteiger partial charge in [-0.05, 0) is 42.8 Å². The van der Waals surface area contributed by atoms with E-state index in [1.807, 2.05) is 13.8 Å². The molecule has 10 heteroatoms. The van der Waals surface area contributed by atoms with Crippen LogP contribution in [0.25, 0.3) is 10.9 Å². The number of methoxy groups -OCH3 is 2. The minimum atomic E-state index is -0.651. The van der Waals surface area contributed by atoms with Gasteiger partial charge in [-0.25, -0.2) is 4.79 Å². The Morgan fingerprint density at radius 1 is 1.00 bits per heavy atom. The van der Waals surface area contributed by atoms with Crippen LogP contribution in [0, 0.1) is 5.92 Å². The molecule has 0 aliphatic carbocycles. The smallest absolute Gasteiger partial charge is 0.325 e. The lowest BCUT2D eigenvalue weighted by Gasteiger charge is -2.14. The van der Waals surface area contributed by atoms with Crippen molar-refractivity contribution in [2.24, 2.45) is 5.92 Å². The Morgan fingerprint density at radius 3 is 2.41 bits per heavy atom. The highest BCUT2D eigenvalue weighted by Crippen LogP contribution is 2.38. The lowest BCUT2D eigenvalue weighted by molar-refractivity contribution is -0.119. The molecular weight excluding hydrogens is 460 g/mol. The van der Waals surface area contributed by atoms with Gasteiger partial charge >= 0.3 is 6.03 Å². The summed E-state index contributed by atoms with van der Waals surface area (Å²) in [4.78, 5) is 28.3. The molecule has 34 heavy (non-hydrogen) atoms. The Morgan fingerprint density at radius 2 is 1.74 bits per heavy atom. The van der Waals surface area contributed by atoms with E-state index in [2.05, 4.69) is 20.9 Å². The van der Waals surface area contributed by atoms with Crippen LogP contribution in [0.15, 0.2) is 42.6 Å². The summed E-state index contributed by atoms with van der Waals surface area (Å²) in [6, 6.07) is 9.37. The molecule has 3 aromatic rings. The van der Waals surface area contributed by atoms with Crippen LogP contribution in [0.1, 0.15) is 13.8 Å². The molecule has 3 rings (SSSR count). The largest absolute Gasteiger partial charge is 0.493 e. The van der Waals surface area contributed by atoms with Crippen molar-refractivity contribution >= 4 is 40.1 Å². The normalized spacial score (nSPS) is 10.8. The molecule has 1 aromatic heterocycles. The molecule has 2 aromatic carbocycles. The quantitative estimate of drug-likeness (QED) is 0.405. The molecular formula is C24H27ClN4O5. The molecule has 0 spiro atoms. The SMILES string of the molecule is COc1cc2nccc(Oc3ccc(NC(=O)NC(=O)CNCC(C)C)cc3Cl)c2cc1OC. The Hall–Kier alpha value is -3.56. The summed E-state index contributed by atoms with van der Waals surface area (Å²) < 4.78 is 16.7. The van der Waals surface area contributed by atoms with Crippen molar-refractivity contribution in [1.82, 2.24) is 15.6 Å². The second-order valence-electron chi connectivity index (χ2n) is 7.81. The van der Waals surface area contributed by atoms with Crippen LogP contribution in [-0.4, -0.2) is 44.2 Å². The number of benzene rings is 2. The molecule has 3 amide bonds. The lowest BCUT2D eigenvalue weighted by Crippen LogP contribution is -2.40. The first kappa shape index (κ1) is 25.1. The van der Waals surface area contributed by atoms with Gasteiger partial charge in [-0.2, -0.15) is 0 Å². The number of imide groups is 1. The zero-order valence-corrected chi connectivity index (χ0v) is 20.2. The van der Waals surface area contributed by atoms with Crippen molar-refractivity contribution in [2.75, 3.05) is 32.6 Å². The van der Waals surface area contributed by atoms with Gasteiger partial charge in [0.25, 0.3) is 0 Å². The number of carbonyl (C=O) groups is 2. The Labute approximate surface area is 202 Å². The number of rotatable bonds is 9. The summed E-state index contributed by atoms with van der Waals surface area (Å²) in [7, 11) is 3.11.